The lowest BCUT2D eigenvalue weighted by Gasteiger charge is -2.32. The van der Waals surface area contributed by atoms with Crippen LogP contribution in [0, 0.1) is 0 Å². The van der Waals surface area contributed by atoms with Gasteiger partial charge in [-0.1, -0.05) is 31.2 Å². The lowest BCUT2D eigenvalue weighted by atomic mass is 9.81. The Morgan fingerprint density at radius 2 is 1.94 bits per heavy atom. The Morgan fingerprint density at radius 1 is 1.28 bits per heavy atom. The van der Waals surface area contributed by atoms with E-state index in [1.54, 1.807) is 7.05 Å². The fraction of sp³-hybridized carbons (Fsp3) is 0.533. The molecule has 3 heteroatoms. The molecule has 3 unspecified atom stereocenters. The van der Waals surface area contributed by atoms with Gasteiger partial charge < -0.3 is 5.32 Å². The van der Waals surface area contributed by atoms with Crippen molar-refractivity contribution >= 4 is 5.91 Å². The smallest absolute Gasteiger partial charge is 0.236 e. The Balaban J connectivity index is 2.16. The molecule has 0 aromatic heterocycles. The van der Waals surface area contributed by atoms with Crippen LogP contribution in [0.5, 0.6) is 0 Å². The topological polar surface area (TPSA) is 41.1 Å². The van der Waals surface area contributed by atoms with E-state index < -0.39 is 0 Å². The van der Waals surface area contributed by atoms with Crippen LogP contribution >= 0.6 is 0 Å². The summed E-state index contributed by atoms with van der Waals surface area (Å²) in [5.41, 5.74) is 2.78. The first kappa shape index (κ1) is 13.1. The van der Waals surface area contributed by atoms with E-state index in [0.29, 0.717) is 12.0 Å². The molecule has 0 spiro atoms. The normalized spacial score (nSPS) is 24.2. The predicted octanol–water partition coefficient (Wildman–Crippen LogP) is 2.35. The van der Waals surface area contributed by atoms with Gasteiger partial charge in [0.15, 0.2) is 0 Å². The number of likely N-dealkylation sites (N-methyl/N-ethyl adjacent to an activating group) is 1. The van der Waals surface area contributed by atoms with Crippen molar-refractivity contribution in [2.75, 3.05) is 7.05 Å². The fourth-order valence-corrected chi connectivity index (χ4v) is 2.77. The highest BCUT2D eigenvalue weighted by Crippen LogP contribution is 2.37. The van der Waals surface area contributed by atoms with Crippen LogP contribution in [0.2, 0.25) is 0 Å². The summed E-state index contributed by atoms with van der Waals surface area (Å²) in [6.07, 6.45) is 2.27. The van der Waals surface area contributed by atoms with Crippen molar-refractivity contribution in [2.24, 2.45) is 0 Å². The molecular weight excluding hydrogens is 224 g/mol. The minimum atomic E-state index is -0.151. The van der Waals surface area contributed by atoms with Crippen LogP contribution in [0.25, 0.3) is 0 Å². The quantitative estimate of drug-likeness (QED) is 0.859. The van der Waals surface area contributed by atoms with E-state index >= 15 is 0 Å². The molecule has 0 fully saturated rings. The number of rotatable bonds is 3. The standard InChI is InChI=1S/C15H22N2O/c1-10-8-9-14(17-11(2)15(18)16-3)13-7-5-4-6-12(10)13/h4-7,10-11,14,17H,8-9H2,1-3H3,(H,16,18). The van der Waals surface area contributed by atoms with E-state index in [1.807, 2.05) is 6.92 Å². The maximum absolute atomic E-state index is 11.6. The molecule has 3 nitrogen and oxygen atoms in total. The van der Waals surface area contributed by atoms with Gasteiger partial charge in [0.25, 0.3) is 0 Å². The molecule has 1 aliphatic rings. The fourth-order valence-electron chi connectivity index (χ4n) is 2.77. The van der Waals surface area contributed by atoms with Crippen LogP contribution in [-0.4, -0.2) is 19.0 Å². The van der Waals surface area contributed by atoms with Crippen LogP contribution in [0.15, 0.2) is 24.3 Å². The first-order valence-corrected chi connectivity index (χ1v) is 6.70. The summed E-state index contributed by atoms with van der Waals surface area (Å²) in [5.74, 6) is 0.667. The summed E-state index contributed by atoms with van der Waals surface area (Å²) in [7, 11) is 1.68. The van der Waals surface area contributed by atoms with Crippen LogP contribution < -0.4 is 10.6 Å². The number of amides is 1. The molecule has 1 aliphatic carbocycles. The molecule has 2 rings (SSSR count). The molecule has 2 N–H and O–H groups in total. The zero-order valence-corrected chi connectivity index (χ0v) is 11.4. The molecule has 1 aromatic rings. The predicted molar refractivity (Wildman–Crippen MR) is 73.5 cm³/mol. The molecule has 0 saturated carbocycles. The average Bonchev–Trinajstić information content (AvgIpc) is 2.41. The van der Waals surface area contributed by atoms with Gasteiger partial charge in [-0.05, 0) is 36.8 Å². The van der Waals surface area contributed by atoms with Crippen molar-refractivity contribution in [3.8, 4) is 0 Å². The van der Waals surface area contributed by atoms with Crippen molar-refractivity contribution in [1.82, 2.24) is 10.6 Å². The number of fused-ring (bicyclic) bond motifs is 1. The number of carbonyl (C=O) groups is 1. The van der Waals surface area contributed by atoms with Gasteiger partial charge >= 0.3 is 0 Å². The third kappa shape index (κ3) is 2.56. The summed E-state index contributed by atoms with van der Waals surface area (Å²) in [6, 6.07) is 8.71. The SMILES string of the molecule is CNC(=O)C(C)NC1CCC(C)c2ccccc21. The molecule has 18 heavy (non-hydrogen) atoms. The molecular formula is C15H22N2O. The van der Waals surface area contributed by atoms with Gasteiger partial charge in [-0.25, -0.2) is 0 Å². The second-order valence-corrected chi connectivity index (χ2v) is 5.16. The number of hydrogen-bond acceptors (Lipinski definition) is 2. The van der Waals surface area contributed by atoms with E-state index in [-0.39, 0.29) is 11.9 Å². The number of nitrogens with one attached hydrogen (secondary N) is 2. The third-order valence-electron chi connectivity index (χ3n) is 3.88. The number of hydrogen-bond donors (Lipinski definition) is 2. The van der Waals surface area contributed by atoms with Gasteiger partial charge in [0.05, 0.1) is 6.04 Å². The Morgan fingerprint density at radius 3 is 2.61 bits per heavy atom. The van der Waals surface area contributed by atoms with Gasteiger partial charge in [0, 0.05) is 13.1 Å². The molecule has 98 valence electrons. The number of benzene rings is 1. The Labute approximate surface area is 109 Å². The third-order valence-corrected chi connectivity index (χ3v) is 3.88. The monoisotopic (exact) mass is 246 g/mol. The van der Waals surface area contributed by atoms with E-state index in [1.165, 1.54) is 17.5 Å². The summed E-state index contributed by atoms with van der Waals surface area (Å²) >= 11 is 0. The van der Waals surface area contributed by atoms with Gasteiger partial charge in [-0.2, -0.15) is 0 Å². The Kier molecular flexibility index (Phi) is 4.02. The molecule has 3 atom stereocenters. The van der Waals surface area contributed by atoms with E-state index in [4.69, 9.17) is 0 Å². The molecule has 0 heterocycles. The molecule has 0 bridgehead atoms. The van der Waals surface area contributed by atoms with Crippen molar-refractivity contribution in [3.05, 3.63) is 35.4 Å². The maximum Gasteiger partial charge on any atom is 0.236 e. The lowest BCUT2D eigenvalue weighted by Crippen LogP contribution is -2.43. The summed E-state index contributed by atoms with van der Waals surface area (Å²) < 4.78 is 0. The van der Waals surface area contributed by atoms with E-state index in [0.717, 1.165) is 6.42 Å². The highest BCUT2D eigenvalue weighted by molar-refractivity contribution is 5.81. The molecule has 1 aromatic carbocycles. The van der Waals surface area contributed by atoms with Gasteiger partial charge in [-0.15, -0.1) is 0 Å². The van der Waals surface area contributed by atoms with E-state index in [2.05, 4.69) is 41.8 Å². The van der Waals surface area contributed by atoms with Crippen molar-refractivity contribution in [2.45, 2.75) is 44.7 Å². The molecule has 1 amide bonds. The average molecular weight is 246 g/mol. The van der Waals surface area contributed by atoms with Crippen LogP contribution in [0.3, 0.4) is 0 Å². The first-order chi connectivity index (χ1) is 8.63. The Bertz CT molecular complexity index is 430. The minimum absolute atomic E-state index is 0.0473. The zero-order valence-electron chi connectivity index (χ0n) is 11.4. The maximum atomic E-state index is 11.6. The highest BCUT2D eigenvalue weighted by Gasteiger charge is 2.26. The van der Waals surface area contributed by atoms with Crippen LogP contribution in [0.4, 0.5) is 0 Å². The molecule has 0 saturated heterocycles. The van der Waals surface area contributed by atoms with Crippen LogP contribution in [-0.2, 0) is 4.79 Å². The molecule has 0 radical (unpaired) electrons. The first-order valence-electron chi connectivity index (χ1n) is 6.70. The zero-order chi connectivity index (χ0) is 13.1. The highest BCUT2D eigenvalue weighted by atomic mass is 16.2. The van der Waals surface area contributed by atoms with Gasteiger partial charge in [-0.3, -0.25) is 10.1 Å². The lowest BCUT2D eigenvalue weighted by molar-refractivity contribution is -0.122. The van der Waals surface area contributed by atoms with Gasteiger partial charge in [0.1, 0.15) is 0 Å². The van der Waals surface area contributed by atoms with Crippen molar-refractivity contribution in [3.63, 3.8) is 0 Å². The van der Waals surface area contributed by atoms with Crippen LogP contribution in [0.1, 0.15) is 49.8 Å². The molecule has 0 aliphatic heterocycles. The second kappa shape index (κ2) is 5.53. The number of carbonyl (C=O) groups excluding carboxylic acids is 1. The second-order valence-electron chi connectivity index (χ2n) is 5.16. The minimum Gasteiger partial charge on any atom is -0.358 e. The summed E-state index contributed by atoms with van der Waals surface area (Å²) in [6.45, 7) is 4.19. The van der Waals surface area contributed by atoms with Crippen molar-refractivity contribution < 1.29 is 4.79 Å². The van der Waals surface area contributed by atoms with E-state index in [9.17, 15) is 4.79 Å². The summed E-state index contributed by atoms with van der Waals surface area (Å²) in [5, 5.41) is 6.12. The largest absolute Gasteiger partial charge is 0.358 e. The Hall–Kier alpha value is -1.35. The summed E-state index contributed by atoms with van der Waals surface area (Å²) in [4.78, 5) is 11.6. The van der Waals surface area contributed by atoms with Crippen molar-refractivity contribution in [1.29, 1.82) is 0 Å². The van der Waals surface area contributed by atoms with Gasteiger partial charge in [0.2, 0.25) is 5.91 Å².